The zero-order valence-electron chi connectivity index (χ0n) is 34.3. The van der Waals surface area contributed by atoms with E-state index in [0.717, 1.165) is 54.7 Å². The highest BCUT2D eigenvalue weighted by atomic mass is 32.2. The summed E-state index contributed by atoms with van der Waals surface area (Å²) >= 11 is 0. The number of hydrogen-bond acceptors (Lipinski definition) is 10. The van der Waals surface area contributed by atoms with Crippen LogP contribution in [-0.2, 0) is 44.6 Å². The first kappa shape index (κ1) is 42.3. The third-order valence-corrected chi connectivity index (χ3v) is 14.0. The molecule has 61 heavy (non-hydrogen) atoms. The average Bonchev–Trinajstić information content (AvgIpc) is 3.27. The minimum atomic E-state index is -3.60. The zero-order valence-corrected chi connectivity index (χ0v) is 35.1. The van der Waals surface area contributed by atoms with Crippen LogP contribution in [0.2, 0.25) is 0 Å². The topological polar surface area (TPSA) is 173 Å². The van der Waals surface area contributed by atoms with Crippen molar-refractivity contribution in [2.24, 2.45) is 5.92 Å². The van der Waals surface area contributed by atoms with Crippen molar-refractivity contribution in [2.45, 2.75) is 62.9 Å². The summed E-state index contributed by atoms with van der Waals surface area (Å²) in [5, 5.41) is 24.8. The van der Waals surface area contributed by atoms with E-state index in [1.54, 1.807) is 41.3 Å². The number of esters is 1. The van der Waals surface area contributed by atoms with Crippen molar-refractivity contribution >= 4 is 32.8 Å². The second-order valence-corrected chi connectivity index (χ2v) is 18.8. The third-order valence-electron chi connectivity index (χ3n) is 12.8. The van der Waals surface area contributed by atoms with E-state index in [0.29, 0.717) is 54.9 Å². The number of aliphatic hydroxyl groups is 1. The van der Waals surface area contributed by atoms with Crippen LogP contribution < -0.4 is 10.9 Å². The normalized spacial score (nSPS) is 20.4. The number of pyridine rings is 1. The molecule has 4 saturated heterocycles. The number of ether oxygens (including phenoxy) is 1. The monoisotopic (exact) mass is 847 g/mol. The lowest BCUT2D eigenvalue weighted by Crippen LogP contribution is -2.55. The number of benzene rings is 4. The van der Waals surface area contributed by atoms with Crippen LogP contribution in [-0.4, -0.2) is 101 Å². The molecule has 5 heterocycles. The van der Waals surface area contributed by atoms with E-state index >= 15 is 0 Å². The van der Waals surface area contributed by atoms with Gasteiger partial charge < -0.3 is 30.2 Å². The summed E-state index contributed by atoms with van der Waals surface area (Å²) < 4.78 is 33.6. The Labute approximate surface area is 356 Å². The number of rotatable bonds is 14. The number of carbonyl (C=O) groups is 2. The van der Waals surface area contributed by atoms with Crippen LogP contribution in [0.15, 0.2) is 108 Å². The Kier molecular flexibility index (Phi) is 12.4. The molecule has 4 N–H and O–H groups in total. The highest BCUT2D eigenvalue weighted by molar-refractivity contribution is 7.88. The smallest absolute Gasteiger partial charge is 0.317 e. The van der Waals surface area contributed by atoms with Crippen molar-refractivity contribution in [3.05, 3.63) is 147 Å². The second kappa shape index (κ2) is 17.9. The Morgan fingerprint density at radius 2 is 1.51 bits per heavy atom. The maximum Gasteiger partial charge on any atom is 0.317 e. The van der Waals surface area contributed by atoms with Crippen LogP contribution in [0, 0.1) is 5.92 Å². The number of aromatic hydroxyl groups is 1. The lowest BCUT2D eigenvalue weighted by atomic mass is 9.72. The van der Waals surface area contributed by atoms with Gasteiger partial charge in [-0.05, 0) is 96.8 Å². The first-order valence-electron chi connectivity index (χ1n) is 21.0. The number of aliphatic hydroxyl groups excluding tert-OH is 1. The molecule has 4 aromatic carbocycles. The maximum atomic E-state index is 14.1. The predicted octanol–water partition coefficient (Wildman–Crippen LogP) is 4.83. The average molecular weight is 848 g/mol. The van der Waals surface area contributed by atoms with E-state index in [9.17, 15) is 33.0 Å². The number of carbonyl (C=O) groups excluding carboxylic acids is 2. The molecule has 0 radical (unpaired) electrons. The van der Waals surface area contributed by atoms with Gasteiger partial charge in [0.1, 0.15) is 11.9 Å². The number of nitrogens with zero attached hydrogens (tertiary/aromatic N) is 3. The van der Waals surface area contributed by atoms with Gasteiger partial charge in [-0.25, -0.2) is 8.42 Å². The second-order valence-electron chi connectivity index (χ2n) is 16.8. The number of hydrogen-bond donors (Lipinski definition) is 4. The van der Waals surface area contributed by atoms with E-state index in [2.05, 4.69) is 15.2 Å². The Morgan fingerprint density at radius 1 is 0.869 bits per heavy atom. The summed E-state index contributed by atoms with van der Waals surface area (Å²) in [5.41, 5.74) is 3.58. The highest BCUT2D eigenvalue weighted by Gasteiger charge is 2.47. The molecular formula is C47H53N5O8S. The van der Waals surface area contributed by atoms with Crippen LogP contribution in [0.1, 0.15) is 70.0 Å². The number of piperidine rings is 4. The van der Waals surface area contributed by atoms with Crippen molar-refractivity contribution in [1.82, 2.24) is 24.4 Å². The molecule has 1 aromatic heterocycles. The molecule has 0 unspecified atom stereocenters. The summed E-state index contributed by atoms with van der Waals surface area (Å²) in [5.74, 6) is 0.0150. The van der Waals surface area contributed by atoms with Crippen LogP contribution in [0.25, 0.3) is 10.9 Å². The Bertz CT molecular complexity index is 2520. The largest absolute Gasteiger partial charge is 0.506 e. The van der Waals surface area contributed by atoms with Crippen LogP contribution >= 0.6 is 0 Å². The van der Waals surface area contributed by atoms with Gasteiger partial charge >= 0.3 is 5.97 Å². The number of aromatic nitrogens is 1. The minimum absolute atomic E-state index is 0.0724. The molecule has 13 nitrogen and oxygen atoms in total. The van der Waals surface area contributed by atoms with Crippen LogP contribution in [0.3, 0.4) is 0 Å². The van der Waals surface area contributed by atoms with Crippen molar-refractivity contribution in [3.63, 3.8) is 0 Å². The Hall–Kier alpha value is -5.38. The zero-order chi connectivity index (χ0) is 42.7. The van der Waals surface area contributed by atoms with Crippen LogP contribution in [0.5, 0.6) is 5.75 Å². The molecule has 320 valence electrons. The van der Waals surface area contributed by atoms with Gasteiger partial charge in [0, 0.05) is 62.8 Å². The molecule has 4 aliphatic rings. The maximum absolute atomic E-state index is 14.1. The van der Waals surface area contributed by atoms with E-state index < -0.39 is 21.5 Å². The number of fused-ring (bicyclic) bond motifs is 4. The van der Waals surface area contributed by atoms with Crippen molar-refractivity contribution in [1.29, 1.82) is 0 Å². The molecule has 2 bridgehead atoms. The van der Waals surface area contributed by atoms with E-state index in [4.69, 9.17) is 4.74 Å². The molecule has 4 aliphatic heterocycles. The number of H-pyrrole nitrogens is 1. The molecular weight excluding hydrogens is 795 g/mol. The van der Waals surface area contributed by atoms with Gasteiger partial charge in [-0.15, -0.1) is 0 Å². The molecule has 4 fully saturated rings. The number of nitrogens with one attached hydrogen (secondary N) is 2. The summed E-state index contributed by atoms with van der Waals surface area (Å²) in [4.78, 5) is 46.4. The number of likely N-dealkylation sites (tertiary alicyclic amines) is 1. The molecule has 0 aliphatic carbocycles. The summed E-state index contributed by atoms with van der Waals surface area (Å²) in [6.45, 7) is 4.68. The van der Waals surface area contributed by atoms with Gasteiger partial charge in [0.2, 0.25) is 15.6 Å². The van der Waals surface area contributed by atoms with E-state index in [1.165, 1.54) is 22.7 Å². The summed E-state index contributed by atoms with van der Waals surface area (Å²) in [6.07, 6.45) is 3.24. The van der Waals surface area contributed by atoms with Crippen molar-refractivity contribution in [2.75, 3.05) is 45.5 Å². The van der Waals surface area contributed by atoms with E-state index in [-0.39, 0.29) is 54.4 Å². The molecule has 9 rings (SSSR count). The fourth-order valence-electron chi connectivity index (χ4n) is 9.16. The molecule has 0 saturated carbocycles. The summed E-state index contributed by atoms with van der Waals surface area (Å²) in [6, 6.07) is 30.4. The van der Waals surface area contributed by atoms with Gasteiger partial charge in [0.05, 0.1) is 23.3 Å². The predicted molar refractivity (Wildman–Crippen MR) is 232 cm³/mol. The Morgan fingerprint density at radius 3 is 2.13 bits per heavy atom. The number of aromatic amines is 1. The molecule has 1 amide bonds. The standard InChI is InChI=1S/C47H53N5O8S/c1-61(58,59)52(29-33-9-7-32(8-10-33)27-48-28-41(54)38-15-17-40(53)44-39(38)16-18-43(55)49-44)30-34-11-13-36(14-12-34)45(56)51-25-21-47(22-26-51,37-5-3-2-4-6-37)46(57)60-42-31-50-23-19-35(42)20-24-50/h2-18,35,41-42,48,53-54H,19-31H2,1H3,(H,49,55)/t41-,42-/m0/s1. The SMILES string of the molecule is CS(=O)(=O)N(Cc1ccc(CNC[C@H](O)c2ccc(O)c3[nH]c(=O)ccc23)cc1)Cc1ccc(C(=O)N2CCC(C(=O)O[C@H]3CN4CCC3CC4)(c3ccccc3)CC2)cc1. The first-order chi connectivity index (χ1) is 29.4. The number of phenols is 1. The van der Waals surface area contributed by atoms with Crippen molar-refractivity contribution in [3.8, 4) is 5.75 Å². The molecule has 5 aromatic rings. The minimum Gasteiger partial charge on any atom is -0.506 e. The fourth-order valence-corrected chi connectivity index (χ4v) is 9.93. The third kappa shape index (κ3) is 9.43. The molecule has 2 atom stereocenters. The lowest BCUT2D eigenvalue weighted by molar-refractivity contribution is -0.167. The number of amides is 1. The molecule has 14 heteroatoms. The number of phenolic OH excluding ortho intramolecular Hbond substituents is 1. The quantitative estimate of drug-likeness (QED) is 0.114. The van der Waals surface area contributed by atoms with Gasteiger partial charge in [-0.1, -0.05) is 72.8 Å². The van der Waals surface area contributed by atoms with Gasteiger partial charge in [0.25, 0.3) is 5.91 Å². The lowest BCUT2D eigenvalue weighted by Gasteiger charge is -2.46. The molecule has 0 spiro atoms. The summed E-state index contributed by atoms with van der Waals surface area (Å²) in [7, 11) is -3.60. The number of sulfonamides is 1. The van der Waals surface area contributed by atoms with E-state index in [1.807, 2.05) is 54.6 Å². The van der Waals surface area contributed by atoms with Crippen LogP contribution in [0.4, 0.5) is 0 Å². The Balaban J connectivity index is 0.852. The van der Waals surface area contributed by atoms with Gasteiger partial charge in [0.15, 0.2) is 0 Å². The first-order valence-corrected chi connectivity index (χ1v) is 22.8. The fraction of sp³-hybridized carbons (Fsp3) is 0.383. The highest BCUT2D eigenvalue weighted by Crippen LogP contribution is 2.40. The van der Waals surface area contributed by atoms with Crippen molar-refractivity contribution < 1.29 is 33.0 Å². The van der Waals surface area contributed by atoms with Gasteiger partial charge in [-0.3, -0.25) is 19.3 Å². The van der Waals surface area contributed by atoms with Gasteiger partial charge in [-0.2, -0.15) is 4.31 Å².